The second-order valence-electron chi connectivity index (χ2n) is 9.53. The van der Waals surface area contributed by atoms with Gasteiger partial charge in [-0.1, -0.05) is 54.1 Å². The van der Waals surface area contributed by atoms with Gasteiger partial charge in [0.25, 0.3) is 5.91 Å². The minimum Gasteiger partial charge on any atom is -0.478 e. The molecule has 5 N–H and O–H groups in total. The van der Waals surface area contributed by atoms with E-state index in [4.69, 9.17) is 11.1 Å². The maximum absolute atomic E-state index is 13.1. The van der Waals surface area contributed by atoms with Crippen LogP contribution in [0.25, 0.3) is 22.0 Å². The van der Waals surface area contributed by atoms with E-state index in [-0.39, 0.29) is 17.3 Å². The highest BCUT2D eigenvalue weighted by Gasteiger charge is 2.18. The number of rotatable bonds is 8. The van der Waals surface area contributed by atoms with Gasteiger partial charge in [0.05, 0.1) is 5.56 Å². The number of carboxylic acid groups (broad SMARTS) is 1. The summed E-state index contributed by atoms with van der Waals surface area (Å²) in [5.41, 5.74) is 11.8. The second kappa shape index (κ2) is 10.7. The van der Waals surface area contributed by atoms with Crippen LogP contribution in [0.2, 0.25) is 0 Å². The number of hydrogen-bond donors (Lipinski definition) is 4. The van der Waals surface area contributed by atoms with E-state index in [1.165, 1.54) is 0 Å². The third-order valence-corrected chi connectivity index (χ3v) is 6.79. The van der Waals surface area contributed by atoms with E-state index in [0.717, 1.165) is 27.6 Å². The van der Waals surface area contributed by atoms with Crippen LogP contribution in [0.1, 0.15) is 43.0 Å². The Morgan fingerprint density at radius 3 is 2.41 bits per heavy atom. The number of aryl methyl sites for hydroxylation is 1. The number of carbonyl (C=O) groups excluding carboxylic acids is 1. The molecule has 0 bridgehead atoms. The van der Waals surface area contributed by atoms with Crippen LogP contribution in [0, 0.1) is 12.3 Å². The predicted octanol–water partition coefficient (Wildman–Crippen LogP) is 5.58. The maximum atomic E-state index is 13.1. The third-order valence-electron chi connectivity index (χ3n) is 6.79. The van der Waals surface area contributed by atoms with Gasteiger partial charge in [0.2, 0.25) is 0 Å². The fourth-order valence-corrected chi connectivity index (χ4v) is 4.75. The molecule has 0 aliphatic carbocycles. The van der Waals surface area contributed by atoms with Crippen molar-refractivity contribution in [3.8, 4) is 11.1 Å². The van der Waals surface area contributed by atoms with E-state index in [0.29, 0.717) is 35.3 Å². The number of carbonyl (C=O) groups is 2. The molecule has 5 rings (SSSR count). The van der Waals surface area contributed by atoms with E-state index in [1.54, 1.807) is 24.3 Å². The maximum Gasteiger partial charge on any atom is 0.336 e. The Balaban J connectivity index is 1.55. The van der Waals surface area contributed by atoms with Crippen molar-refractivity contribution in [1.82, 2.24) is 9.88 Å². The average molecular weight is 517 g/mol. The molecule has 194 valence electrons. The Bertz CT molecular complexity index is 1720. The number of fused-ring (bicyclic) bond motifs is 1. The van der Waals surface area contributed by atoms with Crippen LogP contribution in [0.4, 0.5) is 0 Å². The minimum atomic E-state index is -1.03. The number of benzene rings is 4. The number of nitrogens with two attached hydrogens (primary N) is 1. The Kier molecular flexibility index (Phi) is 6.97. The predicted molar refractivity (Wildman–Crippen MR) is 153 cm³/mol. The second-order valence-corrected chi connectivity index (χ2v) is 9.53. The zero-order valence-electron chi connectivity index (χ0n) is 21.4. The first kappa shape index (κ1) is 25.5. The molecule has 0 aliphatic rings. The Morgan fingerprint density at radius 1 is 0.897 bits per heavy atom. The quantitative estimate of drug-likeness (QED) is 0.159. The highest BCUT2D eigenvalue weighted by molar-refractivity contribution is 6.00. The lowest BCUT2D eigenvalue weighted by Gasteiger charge is -2.16. The van der Waals surface area contributed by atoms with E-state index in [1.807, 2.05) is 79.9 Å². The van der Waals surface area contributed by atoms with Crippen LogP contribution in [-0.2, 0) is 13.1 Å². The summed E-state index contributed by atoms with van der Waals surface area (Å²) < 4.78 is 2.06. The minimum absolute atomic E-state index is 0.00800. The molecule has 39 heavy (non-hydrogen) atoms. The van der Waals surface area contributed by atoms with Gasteiger partial charge in [0.1, 0.15) is 5.84 Å². The first-order valence-electron chi connectivity index (χ1n) is 12.5. The lowest BCUT2D eigenvalue weighted by molar-refractivity contribution is 0.0697. The largest absolute Gasteiger partial charge is 0.478 e. The van der Waals surface area contributed by atoms with Gasteiger partial charge in [0.15, 0.2) is 0 Å². The van der Waals surface area contributed by atoms with Crippen molar-refractivity contribution in [1.29, 1.82) is 5.41 Å². The van der Waals surface area contributed by atoms with Crippen LogP contribution >= 0.6 is 0 Å². The normalized spacial score (nSPS) is 10.9. The molecular weight excluding hydrogens is 488 g/mol. The number of carboxylic acids is 1. The average Bonchev–Trinajstić information content (AvgIpc) is 3.34. The van der Waals surface area contributed by atoms with Crippen LogP contribution < -0.4 is 11.1 Å². The lowest BCUT2D eigenvalue weighted by atomic mass is 9.92. The topological polar surface area (TPSA) is 121 Å². The number of amidine groups is 1. The van der Waals surface area contributed by atoms with Gasteiger partial charge >= 0.3 is 5.97 Å². The van der Waals surface area contributed by atoms with Gasteiger partial charge in [-0.15, -0.1) is 0 Å². The standard InChI is InChI=1S/C32H28N4O3/c1-20-7-11-26(28(15-20)32(38)39)27-17-24(31(37)35-18-21-5-3-2-4-6-21)8-9-25(27)19-36-14-13-22-16-23(30(33)34)10-12-29(22)36/h2-17H,18-19H2,1H3,(H3,33,34)(H,35,37)(H,38,39). The van der Waals surface area contributed by atoms with Gasteiger partial charge in [0, 0.05) is 41.3 Å². The summed E-state index contributed by atoms with van der Waals surface area (Å²) in [5.74, 6) is -1.26. The van der Waals surface area contributed by atoms with Gasteiger partial charge in [-0.05, 0) is 71.6 Å². The summed E-state index contributed by atoms with van der Waals surface area (Å²) in [6, 6.07) is 28.0. The molecule has 5 aromatic rings. The van der Waals surface area contributed by atoms with Crippen molar-refractivity contribution >= 4 is 28.6 Å². The van der Waals surface area contributed by atoms with E-state index in [2.05, 4.69) is 9.88 Å². The monoisotopic (exact) mass is 516 g/mol. The Morgan fingerprint density at radius 2 is 1.67 bits per heavy atom. The van der Waals surface area contributed by atoms with Crippen molar-refractivity contribution < 1.29 is 14.7 Å². The molecule has 0 unspecified atom stereocenters. The molecule has 0 aliphatic heterocycles. The lowest BCUT2D eigenvalue weighted by Crippen LogP contribution is -2.23. The molecule has 0 spiro atoms. The summed E-state index contributed by atoms with van der Waals surface area (Å²) in [6.07, 6.45) is 1.95. The molecule has 0 fully saturated rings. The summed E-state index contributed by atoms with van der Waals surface area (Å²) in [7, 11) is 0. The molecule has 0 saturated heterocycles. The number of nitrogens with one attached hydrogen (secondary N) is 2. The van der Waals surface area contributed by atoms with E-state index in [9.17, 15) is 14.7 Å². The summed E-state index contributed by atoms with van der Waals surface area (Å²) in [6.45, 7) is 2.70. The van der Waals surface area contributed by atoms with Gasteiger partial charge in [-0.2, -0.15) is 0 Å². The molecule has 0 saturated carbocycles. The summed E-state index contributed by atoms with van der Waals surface area (Å²) in [5, 5.41) is 21.6. The first-order chi connectivity index (χ1) is 18.8. The van der Waals surface area contributed by atoms with Crippen LogP contribution in [0.3, 0.4) is 0 Å². The molecule has 0 radical (unpaired) electrons. The van der Waals surface area contributed by atoms with Crippen LogP contribution in [0.5, 0.6) is 0 Å². The number of aromatic carboxylic acids is 1. The van der Waals surface area contributed by atoms with Gasteiger partial charge in [-0.3, -0.25) is 10.2 Å². The fraction of sp³-hybridized carbons (Fsp3) is 0.0938. The molecule has 1 aromatic heterocycles. The highest BCUT2D eigenvalue weighted by atomic mass is 16.4. The number of nitrogens with zero attached hydrogens (tertiary/aromatic N) is 1. The molecule has 7 heteroatoms. The van der Waals surface area contributed by atoms with Crippen molar-refractivity contribution in [2.75, 3.05) is 0 Å². The SMILES string of the molecule is Cc1ccc(-c2cc(C(=O)NCc3ccccc3)ccc2Cn2ccc3cc(C(=N)N)ccc32)c(C(=O)O)c1. The van der Waals surface area contributed by atoms with Crippen molar-refractivity contribution in [2.24, 2.45) is 5.73 Å². The van der Waals surface area contributed by atoms with Gasteiger partial charge in [-0.25, -0.2) is 4.79 Å². The van der Waals surface area contributed by atoms with E-state index >= 15 is 0 Å². The molecule has 4 aromatic carbocycles. The molecular formula is C32H28N4O3. The number of amides is 1. The van der Waals surface area contributed by atoms with E-state index < -0.39 is 5.97 Å². The Hall–Kier alpha value is -5.17. The molecule has 0 atom stereocenters. The van der Waals surface area contributed by atoms with Gasteiger partial charge < -0.3 is 20.7 Å². The third kappa shape index (κ3) is 5.43. The van der Waals surface area contributed by atoms with Crippen LogP contribution in [-0.4, -0.2) is 27.4 Å². The first-order valence-corrected chi connectivity index (χ1v) is 12.5. The number of hydrogen-bond acceptors (Lipinski definition) is 3. The molecule has 1 heterocycles. The Labute approximate surface area is 226 Å². The summed E-state index contributed by atoms with van der Waals surface area (Å²) >= 11 is 0. The zero-order valence-corrected chi connectivity index (χ0v) is 21.4. The number of nitrogen functional groups attached to an aromatic ring is 1. The zero-order chi connectivity index (χ0) is 27.5. The van der Waals surface area contributed by atoms with Crippen LogP contribution in [0.15, 0.2) is 97.2 Å². The number of aromatic nitrogens is 1. The highest BCUT2D eigenvalue weighted by Crippen LogP contribution is 2.31. The smallest absolute Gasteiger partial charge is 0.336 e. The van der Waals surface area contributed by atoms with Crippen molar-refractivity contribution in [3.63, 3.8) is 0 Å². The summed E-state index contributed by atoms with van der Waals surface area (Å²) in [4.78, 5) is 25.3. The van der Waals surface area contributed by atoms with Crippen molar-refractivity contribution in [2.45, 2.75) is 20.0 Å². The molecule has 7 nitrogen and oxygen atoms in total. The fourth-order valence-electron chi connectivity index (χ4n) is 4.75. The van der Waals surface area contributed by atoms with Crippen molar-refractivity contribution in [3.05, 3.63) is 131 Å². The molecule has 1 amide bonds.